The molecule has 0 spiro atoms. The first-order chi connectivity index (χ1) is 8.80. The Hall–Kier alpha value is -1.49. The molecule has 19 heavy (non-hydrogen) atoms. The van der Waals surface area contributed by atoms with Gasteiger partial charge in [-0.3, -0.25) is 4.79 Å². The van der Waals surface area contributed by atoms with E-state index in [2.05, 4.69) is 5.32 Å². The van der Waals surface area contributed by atoms with Crippen LogP contribution < -0.4 is 5.32 Å². The summed E-state index contributed by atoms with van der Waals surface area (Å²) in [5.74, 6) is -2.20. The maximum absolute atomic E-state index is 13.2. The predicted molar refractivity (Wildman–Crippen MR) is 68.9 cm³/mol. The van der Waals surface area contributed by atoms with Crippen LogP contribution in [0.4, 0.5) is 8.78 Å². The summed E-state index contributed by atoms with van der Waals surface area (Å²) < 4.78 is 26.1. The molecule has 0 aromatic heterocycles. The number of hydrogen-bond acceptors (Lipinski definition) is 2. The second-order valence-electron chi connectivity index (χ2n) is 5.68. The molecule has 1 amide bonds. The van der Waals surface area contributed by atoms with Crippen molar-refractivity contribution in [3.05, 3.63) is 35.4 Å². The molecular formula is C14H18F2N2O. The fraction of sp³-hybridized carbons (Fsp3) is 0.500. The van der Waals surface area contributed by atoms with Gasteiger partial charge in [-0.25, -0.2) is 8.78 Å². The van der Waals surface area contributed by atoms with Crippen molar-refractivity contribution < 1.29 is 13.6 Å². The number of benzene rings is 1. The number of piperazine rings is 1. The van der Waals surface area contributed by atoms with Crippen LogP contribution in [0, 0.1) is 11.6 Å². The van der Waals surface area contributed by atoms with Gasteiger partial charge in [-0.2, -0.15) is 0 Å². The first-order valence-corrected chi connectivity index (χ1v) is 6.31. The number of nitrogens with zero attached hydrogens (tertiary/aromatic N) is 1. The summed E-state index contributed by atoms with van der Waals surface area (Å²) in [6.45, 7) is 7.16. The molecule has 3 nitrogen and oxygen atoms in total. The van der Waals surface area contributed by atoms with Crippen LogP contribution in [0.5, 0.6) is 0 Å². The summed E-state index contributed by atoms with van der Waals surface area (Å²) in [4.78, 5) is 14.1. The Kier molecular flexibility index (Phi) is 3.58. The van der Waals surface area contributed by atoms with Crippen LogP contribution in [0.15, 0.2) is 18.2 Å². The quantitative estimate of drug-likeness (QED) is 0.846. The van der Waals surface area contributed by atoms with Crippen molar-refractivity contribution in [2.45, 2.75) is 32.4 Å². The number of rotatable bonds is 1. The normalized spacial score (nSPS) is 22.4. The van der Waals surface area contributed by atoms with Gasteiger partial charge in [0, 0.05) is 30.2 Å². The maximum Gasteiger partial charge on any atom is 0.254 e. The minimum Gasteiger partial charge on any atom is -0.333 e. The molecule has 2 rings (SSSR count). The Morgan fingerprint density at radius 1 is 1.37 bits per heavy atom. The highest BCUT2D eigenvalue weighted by atomic mass is 19.2. The van der Waals surface area contributed by atoms with E-state index in [1.807, 2.05) is 20.8 Å². The summed E-state index contributed by atoms with van der Waals surface area (Å²) in [6.07, 6.45) is 0. The third-order valence-electron chi connectivity index (χ3n) is 3.40. The van der Waals surface area contributed by atoms with Crippen molar-refractivity contribution in [3.8, 4) is 0 Å². The van der Waals surface area contributed by atoms with E-state index in [1.54, 1.807) is 4.90 Å². The molecule has 1 aliphatic rings. The average molecular weight is 268 g/mol. The smallest absolute Gasteiger partial charge is 0.254 e. The topological polar surface area (TPSA) is 32.3 Å². The Labute approximate surface area is 111 Å². The van der Waals surface area contributed by atoms with E-state index in [0.717, 1.165) is 12.1 Å². The van der Waals surface area contributed by atoms with Crippen LogP contribution in [0.25, 0.3) is 0 Å². The zero-order chi connectivity index (χ0) is 14.2. The van der Waals surface area contributed by atoms with Gasteiger partial charge in [0.1, 0.15) is 0 Å². The molecule has 104 valence electrons. The van der Waals surface area contributed by atoms with Crippen LogP contribution in [0.1, 0.15) is 31.1 Å². The molecule has 1 N–H and O–H groups in total. The van der Waals surface area contributed by atoms with Gasteiger partial charge in [0.05, 0.1) is 0 Å². The van der Waals surface area contributed by atoms with Crippen LogP contribution in [0.2, 0.25) is 0 Å². The summed E-state index contributed by atoms with van der Waals surface area (Å²) in [5.41, 5.74) is 0.00393. The number of nitrogens with one attached hydrogen (secondary N) is 1. The lowest BCUT2D eigenvalue weighted by Crippen LogP contribution is -2.62. The van der Waals surface area contributed by atoms with E-state index in [1.165, 1.54) is 6.07 Å². The molecule has 1 aliphatic heterocycles. The van der Waals surface area contributed by atoms with Gasteiger partial charge < -0.3 is 10.2 Å². The van der Waals surface area contributed by atoms with Gasteiger partial charge in [-0.1, -0.05) is 0 Å². The molecule has 1 aromatic carbocycles. The minimum absolute atomic E-state index is 0.0219. The maximum atomic E-state index is 13.2. The Balaban J connectivity index is 2.24. The summed E-state index contributed by atoms with van der Waals surface area (Å²) >= 11 is 0. The average Bonchev–Trinajstić information content (AvgIpc) is 2.35. The second-order valence-corrected chi connectivity index (χ2v) is 5.68. The van der Waals surface area contributed by atoms with Crippen molar-refractivity contribution in [2.24, 2.45) is 0 Å². The molecule has 0 radical (unpaired) electrons. The van der Waals surface area contributed by atoms with Crippen molar-refractivity contribution in [3.63, 3.8) is 0 Å². The molecule has 1 aromatic rings. The SMILES string of the molecule is CC1CNC(C)(C)CN1C(=O)c1ccc(F)c(F)c1. The monoisotopic (exact) mass is 268 g/mol. The summed E-state index contributed by atoms with van der Waals surface area (Å²) in [5, 5.41) is 3.34. The molecule has 5 heteroatoms. The van der Waals surface area contributed by atoms with Gasteiger partial charge in [0.15, 0.2) is 11.6 Å². The van der Waals surface area contributed by atoms with E-state index >= 15 is 0 Å². The third-order valence-corrected chi connectivity index (χ3v) is 3.40. The van der Waals surface area contributed by atoms with E-state index in [9.17, 15) is 13.6 Å². The van der Waals surface area contributed by atoms with Crippen molar-refractivity contribution in [1.29, 1.82) is 0 Å². The van der Waals surface area contributed by atoms with Crippen LogP contribution in [-0.2, 0) is 0 Å². The van der Waals surface area contributed by atoms with Gasteiger partial charge in [0.25, 0.3) is 5.91 Å². The summed E-state index contributed by atoms with van der Waals surface area (Å²) in [6, 6.07) is 3.29. The lowest BCUT2D eigenvalue weighted by molar-refractivity contribution is 0.0533. The Morgan fingerprint density at radius 2 is 2.05 bits per heavy atom. The molecule has 0 saturated carbocycles. The Morgan fingerprint density at radius 3 is 2.68 bits per heavy atom. The van der Waals surface area contributed by atoms with E-state index in [4.69, 9.17) is 0 Å². The van der Waals surface area contributed by atoms with Crippen LogP contribution >= 0.6 is 0 Å². The van der Waals surface area contributed by atoms with Crippen molar-refractivity contribution >= 4 is 5.91 Å². The molecule has 0 bridgehead atoms. The van der Waals surface area contributed by atoms with E-state index in [-0.39, 0.29) is 23.1 Å². The minimum atomic E-state index is -0.993. The lowest BCUT2D eigenvalue weighted by Gasteiger charge is -2.43. The second kappa shape index (κ2) is 4.89. The number of carbonyl (C=O) groups excluding carboxylic acids is 1. The first kappa shape index (κ1) is 13.9. The molecule has 1 atom stereocenters. The number of hydrogen-bond donors (Lipinski definition) is 1. The fourth-order valence-corrected chi connectivity index (χ4v) is 2.24. The van der Waals surface area contributed by atoms with Crippen LogP contribution in [0.3, 0.4) is 0 Å². The highest BCUT2D eigenvalue weighted by molar-refractivity contribution is 5.94. The van der Waals surface area contributed by atoms with E-state index < -0.39 is 11.6 Å². The highest BCUT2D eigenvalue weighted by Gasteiger charge is 2.33. The first-order valence-electron chi connectivity index (χ1n) is 6.31. The number of amides is 1. The van der Waals surface area contributed by atoms with Crippen LogP contribution in [-0.4, -0.2) is 35.5 Å². The number of carbonyl (C=O) groups is 1. The van der Waals surface area contributed by atoms with E-state index in [0.29, 0.717) is 13.1 Å². The summed E-state index contributed by atoms with van der Waals surface area (Å²) in [7, 11) is 0. The van der Waals surface area contributed by atoms with Crippen molar-refractivity contribution in [2.75, 3.05) is 13.1 Å². The molecule has 1 heterocycles. The third kappa shape index (κ3) is 2.92. The van der Waals surface area contributed by atoms with Crippen molar-refractivity contribution in [1.82, 2.24) is 10.2 Å². The molecule has 0 aliphatic carbocycles. The molecular weight excluding hydrogens is 250 g/mol. The molecule has 1 fully saturated rings. The fourth-order valence-electron chi connectivity index (χ4n) is 2.24. The van der Waals surface area contributed by atoms with Gasteiger partial charge in [0.2, 0.25) is 0 Å². The number of halogens is 2. The zero-order valence-electron chi connectivity index (χ0n) is 11.3. The zero-order valence-corrected chi connectivity index (χ0v) is 11.3. The predicted octanol–water partition coefficient (Wildman–Crippen LogP) is 2.18. The largest absolute Gasteiger partial charge is 0.333 e. The Bertz CT molecular complexity index is 502. The molecule has 1 saturated heterocycles. The standard InChI is InChI=1S/C14H18F2N2O/c1-9-7-17-14(2,3)8-18(9)13(19)10-4-5-11(15)12(16)6-10/h4-6,9,17H,7-8H2,1-3H3. The van der Waals surface area contributed by atoms with Gasteiger partial charge in [-0.05, 0) is 39.0 Å². The molecule has 1 unspecified atom stereocenters. The highest BCUT2D eigenvalue weighted by Crippen LogP contribution is 2.19. The lowest BCUT2D eigenvalue weighted by atomic mass is 9.98. The van der Waals surface area contributed by atoms with Gasteiger partial charge >= 0.3 is 0 Å². The van der Waals surface area contributed by atoms with Gasteiger partial charge in [-0.15, -0.1) is 0 Å².